The zero-order valence-electron chi connectivity index (χ0n) is 12.8. The molecule has 0 aromatic heterocycles. The summed E-state index contributed by atoms with van der Waals surface area (Å²) < 4.78 is 5.20. The van der Waals surface area contributed by atoms with Gasteiger partial charge in [0.25, 0.3) is 0 Å². The lowest BCUT2D eigenvalue weighted by atomic mass is 9.97. The number of unbranched alkanes of at least 4 members (excludes halogenated alkanes) is 1. The van der Waals surface area contributed by atoms with Gasteiger partial charge in [0.05, 0.1) is 12.2 Å². The van der Waals surface area contributed by atoms with E-state index in [2.05, 4.69) is 11.8 Å². The molecular formula is C17H25NO3. The van der Waals surface area contributed by atoms with Crippen LogP contribution in [0.15, 0.2) is 24.3 Å². The van der Waals surface area contributed by atoms with Gasteiger partial charge in [-0.3, -0.25) is 0 Å². The molecule has 0 bridgehead atoms. The maximum atomic E-state index is 11.8. The number of hydrogen-bond donors (Lipinski definition) is 1. The fourth-order valence-electron chi connectivity index (χ4n) is 2.57. The molecule has 0 atom stereocenters. The molecule has 1 aromatic carbocycles. The van der Waals surface area contributed by atoms with Crippen LogP contribution in [-0.4, -0.2) is 37.4 Å². The van der Waals surface area contributed by atoms with Crippen molar-refractivity contribution in [2.24, 2.45) is 5.92 Å². The highest BCUT2D eigenvalue weighted by Gasteiger charge is 2.18. The molecule has 1 fully saturated rings. The minimum Gasteiger partial charge on any atom is -0.462 e. The molecule has 1 aliphatic rings. The van der Waals surface area contributed by atoms with E-state index in [1.807, 2.05) is 24.3 Å². The van der Waals surface area contributed by atoms with Crippen LogP contribution in [0.25, 0.3) is 0 Å². The predicted octanol–water partition coefficient (Wildman–Crippen LogP) is 2.85. The van der Waals surface area contributed by atoms with Crippen LogP contribution < -0.4 is 4.90 Å². The average Bonchev–Trinajstić information content (AvgIpc) is 2.55. The Morgan fingerprint density at radius 2 is 1.95 bits per heavy atom. The summed E-state index contributed by atoms with van der Waals surface area (Å²) in [6.45, 7) is 4.78. The summed E-state index contributed by atoms with van der Waals surface area (Å²) in [6, 6.07) is 7.63. The number of ether oxygens (including phenoxy) is 1. The summed E-state index contributed by atoms with van der Waals surface area (Å²) in [7, 11) is 0. The van der Waals surface area contributed by atoms with Crippen molar-refractivity contribution in [1.82, 2.24) is 0 Å². The lowest BCUT2D eigenvalue weighted by Gasteiger charge is -2.32. The summed E-state index contributed by atoms with van der Waals surface area (Å²) >= 11 is 0. The van der Waals surface area contributed by atoms with Crippen molar-refractivity contribution in [3.63, 3.8) is 0 Å². The third-order valence-electron chi connectivity index (χ3n) is 4.07. The minimum atomic E-state index is -0.242. The maximum absolute atomic E-state index is 11.8. The second kappa shape index (κ2) is 8.03. The summed E-state index contributed by atoms with van der Waals surface area (Å²) in [4.78, 5) is 14.1. The fraction of sp³-hybridized carbons (Fsp3) is 0.588. The number of aliphatic hydroxyl groups excluding tert-OH is 1. The Morgan fingerprint density at radius 3 is 2.52 bits per heavy atom. The van der Waals surface area contributed by atoms with Gasteiger partial charge < -0.3 is 14.7 Å². The fourth-order valence-corrected chi connectivity index (χ4v) is 2.57. The summed E-state index contributed by atoms with van der Waals surface area (Å²) in [5, 5.41) is 9.16. The van der Waals surface area contributed by atoms with Crippen LogP contribution in [0.4, 0.5) is 5.69 Å². The number of carbonyl (C=O) groups is 1. The lowest BCUT2D eigenvalue weighted by molar-refractivity contribution is 0.0500. The molecule has 21 heavy (non-hydrogen) atoms. The largest absolute Gasteiger partial charge is 0.462 e. The molecule has 0 radical (unpaired) electrons. The van der Waals surface area contributed by atoms with Crippen molar-refractivity contribution in [2.45, 2.75) is 32.6 Å². The normalized spacial score (nSPS) is 16.0. The first-order chi connectivity index (χ1) is 10.2. The Hall–Kier alpha value is -1.55. The van der Waals surface area contributed by atoms with E-state index in [4.69, 9.17) is 9.84 Å². The predicted molar refractivity (Wildman–Crippen MR) is 83.7 cm³/mol. The standard InChI is InChI=1S/C17H25NO3/c1-2-3-12-21-17(20)15-4-6-16(7-5-15)18-10-8-14(13-19)9-11-18/h4-7,14,19H,2-3,8-13H2,1H3. The van der Waals surface area contributed by atoms with Gasteiger partial charge in [-0.05, 0) is 49.4 Å². The summed E-state index contributed by atoms with van der Waals surface area (Å²) in [5.74, 6) is 0.197. The molecule has 1 N–H and O–H groups in total. The molecule has 0 unspecified atom stereocenters. The molecule has 4 heteroatoms. The van der Waals surface area contributed by atoms with Gasteiger partial charge in [-0.2, -0.15) is 0 Å². The molecule has 0 spiro atoms. The quantitative estimate of drug-likeness (QED) is 0.647. The number of hydrogen-bond acceptors (Lipinski definition) is 4. The monoisotopic (exact) mass is 291 g/mol. The highest BCUT2D eigenvalue weighted by molar-refractivity contribution is 5.89. The summed E-state index contributed by atoms with van der Waals surface area (Å²) in [5.41, 5.74) is 1.75. The molecule has 116 valence electrons. The van der Waals surface area contributed by atoms with Crippen molar-refractivity contribution < 1.29 is 14.6 Å². The van der Waals surface area contributed by atoms with Crippen LogP contribution in [-0.2, 0) is 4.74 Å². The molecule has 4 nitrogen and oxygen atoms in total. The highest BCUT2D eigenvalue weighted by atomic mass is 16.5. The zero-order chi connectivity index (χ0) is 15.1. The van der Waals surface area contributed by atoms with Gasteiger partial charge in [-0.25, -0.2) is 4.79 Å². The van der Waals surface area contributed by atoms with E-state index in [-0.39, 0.29) is 12.6 Å². The highest BCUT2D eigenvalue weighted by Crippen LogP contribution is 2.23. The van der Waals surface area contributed by atoms with Gasteiger partial charge in [0.15, 0.2) is 0 Å². The van der Waals surface area contributed by atoms with Crippen molar-refractivity contribution >= 4 is 11.7 Å². The summed E-state index contributed by atoms with van der Waals surface area (Å²) in [6.07, 6.45) is 3.98. The van der Waals surface area contributed by atoms with Crippen LogP contribution in [0.2, 0.25) is 0 Å². The molecule has 2 rings (SSSR count). The first-order valence-corrected chi connectivity index (χ1v) is 7.87. The molecule has 0 amide bonds. The number of nitrogens with zero attached hydrogens (tertiary/aromatic N) is 1. The molecule has 1 aromatic rings. The van der Waals surface area contributed by atoms with E-state index in [0.717, 1.165) is 44.5 Å². The van der Waals surface area contributed by atoms with Gasteiger partial charge in [0, 0.05) is 25.4 Å². The van der Waals surface area contributed by atoms with E-state index < -0.39 is 0 Å². The Bertz CT molecular complexity index is 436. The van der Waals surface area contributed by atoms with Crippen molar-refractivity contribution in [3.05, 3.63) is 29.8 Å². The van der Waals surface area contributed by atoms with E-state index in [9.17, 15) is 4.79 Å². The van der Waals surface area contributed by atoms with E-state index in [1.54, 1.807) is 0 Å². The van der Waals surface area contributed by atoms with E-state index in [0.29, 0.717) is 18.1 Å². The second-order valence-electron chi connectivity index (χ2n) is 5.65. The molecular weight excluding hydrogens is 266 g/mol. The number of anilines is 1. The SMILES string of the molecule is CCCCOC(=O)c1ccc(N2CCC(CO)CC2)cc1. The topological polar surface area (TPSA) is 49.8 Å². The average molecular weight is 291 g/mol. The third kappa shape index (κ3) is 4.46. The first kappa shape index (κ1) is 15.8. The number of benzene rings is 1. The first-order valence-electron chi connectivity index (χ1n) is 7.87. The Balaban J connectivity index is 1.88. The molecule has 1 saturated heterocycles. The van der Waals surface area contributed by atoms with Crippen LogP contribution in [0.1, 0.15) is 43.0 Å². The Kier molecular flexibility index (Phi) is 6.05. The van der Waals surface area contributed by atoms with Gasteiger partial charge in [-0.1, -0.05) is 13.3 Å². The van der Waals surface area contributed by atoms with Crippen LogP contribution >= 0.6 is 0 Å². The number of aliphatic hydroxyl groups is 1. The van der Waals surface area contributed by atoms with Gasteiger partial charge in [0.1, 0.15) is 0 Å². The third-order valence-corrected chi connectivity index (χ3v) is 4.07. The van der Waals surface area contributed by atoms with Gasteiger partial charge >= 0.3 is 5.97 Å². The Morgan fingerprint density at radius 1 is 1.29 bits per heavy atom. The van der Waals surface area contributed by atoms with Crippen LogP contribution in [0.5, 0.6) is 0 Å². The van der Waals surface area contributed by atoms with E-state index in [1.165, 1.54) is 0 Å². The lowest BCUT2D eigenvalue weighted by Crippen LogP contribution is -2.34. The van der Waals surface area contributed by atoms with Gasteiger partial charge in [-0.15, -0.1) is 0 Å². The minimum absolute atomic E-state index is 0.242. The van der Waals surface area contributed by atoms with Gasteiger partial charge in [0.2, 0.25) is 0 Å². The molecule has 0 aliphatic carbocycles. The number of esters is 1. The van der Waals surface area contributed by atoms with E-state index >= 15 is 0 Å². The van der Waals surface area contributed by atoms with Crippen molar-refractivity contribution in [1.29, 1.82) is 0 Å². The number of rotatable bonds is 6. The second-order valence-corrected chi connectivity index (χ2v) is 5.65. The Labute approximate surface area is 126 Å². The molecule has 1 heterocycles. The molecule has 1 aliphatic heterocycles. The van der Waals surface area contributed by atoms with Crippen molar-refractivity contribution in [3.8, 4) is 0 Å². The van der Waals surface area contributed by atoms with Crippen LogP contribution in [0, 0.1) is 5.92 Å². The molecule has 0 saturated carbocycles. The number of carbonyl (C=O) groups excluding carboxylic acids is 1. The maximum Gasteiger partial charge on any atom is 0.338 e. The van der Waals surface area contributed by atoms with Crippen molar-refractivity contribution in [2.75, 3.05) is 31.2 Å². The van der Waals surface area contributed by atoms with Crippen LogP contribution in [0.3, 0.4) is 0 Å². The number of piperidine rings is 1. The zero-order valence-corrected chi connectivity index (χ0v) is 12.8. The smallest absolute Gasteiger partial charge is 0.338 e.